The Hall–Kier alpha value is -1.14. The number of nitrogens with zero attached hydrogens (tertiary/aromatic N) is 4. The molecular formula is C22H37N5S. The Morgan fingerprint density at radius 2 is 1.89 bits per heavy atom. The molecule has 2 atom stereocenters. The maximum Gasteiger partial charge on any atom is 0.193 e. The van der Waals surface area contributed by atoms with Crippen molar-refractivity contribution in [1.82, 2.24) is 20.1 Å². The van der Waals surface area contributed by atoms with Gasteiger partial charge in [0.15, 0.2) is 5.96 Å². The number of hydrogen-bond acceptors (Lipinski definition) is 4. The van der Waals surface area contributed by atoms with Crippen molar-refractivity contribution < 1.29 is 0 Å². The first-order valence-electron chi connectivity index (χ1n) is 11.4. The molecule has 156 valence electrons. The number of aryl methyl sites for hydroxylation is 1. The van der Waals surface area contributed by atoms with Gasteiger partial charge in [0.05, 0.1) is 10.7 Å². The summed E-state index contributed by atoms with van der Waals surface area (Å²) in [5.74, 6) is 3.73. The molecule has 0 amide bonds. The zero-order chi connectivity index (χ0) is 19.3. The van der Waals surface area contributed by atoms with Crippen molar-refractivity contribution in [3.63, 3.8) is 0 Å². The van der Waals surface area contributed by atoms with Crippen LogP contribution in [0.3, 0.4) is 0 Å². The first-order valence-corrected chi connectivity index (χ1v) is 12.3. The average molecular weight is 404 g/mol. The topological polar surface area (TPSA) is 43.8 Å². The molecule has 1 aromatic rings. The van der Waals surface area contributed by atoms with Gasteiger partial charge >= 0.3 is 0 Å². The number of nitrogens with one attached hydrogen (secondary N) is 1. The van der Waals surface area contributed by atoms with Gasteiger partial charge in [-0.15, -0.1) is 11.3 Å². The number of aliphatic imine (C=N–C) groups is 1. The lowest BCUT2D eigenvalue weighted by Crippen LogP contribution is -2.41. The molecule has 0 radical (unpaired) electrons. The largest absolute Gasteiger partial charge is 0.357 e. The van der Waals surface area contributed by atoms with Crippen LogP contribution in [0.5, 0.6) is 0 Å². The van der Waals surface area contributed by atoms with Gasteiger partial charge in [-0.05, 0) is 70.4 Å². The number of fused-ring (bicyclic) bond motifs is 1. The van der Waals surface area contributed by atoms with Gasteiger partial charge in [0.1, 0.15) is 0 Å². The average Bonchev–Trinajstić information content (AvgIpc) is 3.32. The molecule has 2 aliphatic heterocycles. The molecule has 6 heteroatoms. The SMILES string of the molecule is CCNC(=NCC1CCN(Cc2csc(C)n2)CC1)N1CC2CCCCC2C1. The van der Waals surface area contributed by atoms with Crippen LogP contribution in [0, 0.1) is 24.7 Å². The Morgan fingerprint density at radius 1 is 1.18 bits per heavy atom. The number of thiazole rings is 1. The Morgan fingerprint density at radius 3 is 2.50 bits per heavy atom. The molecule has 0 aromatic carbocycles. The minimum atomic E-state index is 0.729. The van der Waals surface area contributed by atoms with E-state index in [1.165, 1.54) is 81.4 Å². The van der Waals surface area contributed by atoms with Crippen LogP contribution in [0.4, 0.5) is 0 Å². The highest BCUT2D eigenvalue weighted by atomic mass is 32.1. The maximum absolute atomic E-state index is 5.09. The molecule has 3 aliphatic rings. The van der Waals surface area contributed by atoms with Gasteiger partial charge in [-0.1, -0.05) is 12.8 Å². The third-order valence-electron chi connectivity index (χ3n) is 6.87. The van der Waals surface area contributed by atoms with E-state index in [1.807, 2.05) is 0 Å². The van der Waals surface area contributed by atoms with Crippen LogP contribution in [0.1, 0.15) is 56.2 Å². The summed E-state index contributed by atoms with van der Waals surface area (Å²) in [5.41, 5.74) is 1.24. The third kappa shape index (κ3) is 5.07. The molecule has 5 nitrogen and oxygen atoms in total. The second-order valence-electron chi connectivity index (χ2n) is 8.98. The van der Waals surface area contributed by atoms with Crippen molar-refractivity contribution in [3.8, 4) is 0 Å². The molecule has 3 heterocycles. The van der Waals surface area contributed by atoms with Crippen molar-refractivity contribution in [3.05, 3.63) is 16.1 Å². The maximum atomic E-state index is 5.09. The summed E-state index contributed by atoms with van der Waals surface area (Å²) >= 11 is 1.76. The molecule has 1 saturated carbocycles. The van der Waals surface area contributed by atoms with E-state index < -0.39 is 0 Å². The quantitative estimate of drug-likeness (QED) is 0.601. The van der Waals surface area contributed by atoms with E-state index in [4.69, 9.17) is 4.99 Å². The summed E-state index contributed by atoms with van der Waals surface area (Å²) in [5, 5.41) is 6.96. The molecule has 0 spiro atoms. The van der Waals surface area contributed by atoms with Gasteiger partial charge in [0, 0.05) is 38.1 Å². The smallest absolute Gasteiger partial charge is 0.193 e. The highest BCUT2D eigenvalue weighted by Crippen LogP contribution is 2.36. The lowest BCUT2D eigenvalue weighted by Gasteiger charge is -2.31. The standard InChI is InChI=1S/C22H37N5S/c1-3-23-22(27-13-19-6-4-5-7-20(19)14-27)24-12-18-8-10-26(11-9-18)15-21-16-28-17(2)25-21/h16,18-20H,3-15H2,1-2H3,(H,23,24). The summed E-state index contributed by atoms with van der Waals surface area (Å²) in [4.78, 5) is 14.8. The second kappa shape index (κ2) is 9.57. The number of piperidine rings is 1. The Balaban J connectivity index is 1.26. The second-order valence-corrected chi connectivity index (χ2v) is 10.0. The highest BCUT2D eigenvalue weighted by Gasteiger charge is 2.35. The first kappa shape index (κ1) is 20.1. The lowest BCUT2D eigenvalue weighted by molar-refractivity contribution is 0.179. The van der Waals surface area contributed by atoms with E-state index in [0.717, 1.165) is 37.4 Å². The van der Waals surface area contributed by atoms with Gasteiger partial charge in [0.25, 0.3) is 0 Å². The van der Waals surface area contributed by atoms with Crippen LogP contribution in [0.15, 0.2) is 10.4 Å². The Bertz CT molecular complexity index is 635. The van der Waals surface area contributed by atoms with Crippen molar-refractivity contribution in [2.75, 3.05) is 39.3 Å². The fraction of sp³-hybridized carbons (Fsp3) is 0.818. The van der Waals surface area contributed by atoms with Gasteiger partial charge in [0.2, 0.25) is 0 Å². The molecule has 3 fully saturated rings. The molecule has 2 unspecified atom stereocenters. The zero-order valence-electron chi connectivity index (χ0n) is 17.7. The van der Waals surface area contributed by atoms with E-state index in [-0.39, 0.29) is 0 Å². The normalized spacial score (nSPS) is 27.2. The van der Waals surface area contributed by atoms with Crippen LogP contribution in [-0.4, -0.2) is 60.0 Å². The molecular weight excluding hydrogens is 366 g/mol. The van der Waals surface area contributed by atoms with Gasteiger partial charge in [-0.25, -0.2) is 4.98 Å². The minimum absolute atomic E-state index is 0.729. The van der Waals surface area contributed by atoms with E-state index in [0.29, 0.717) is 0 Å². The summed E-state index contributed by atoms with van der Waals surface area (Å²) < 4.78 is 0. The number of rotatable bonds is 5. The highest BCUT2D eigenvalue weighted by molar-refractivity contribution is 7.09. The van der Waals surface area contributed by atoms with Gasteiger partial charge in [-0.3, -0.25) is 9.89 Å². The summed E-state index contributed by atoms with van der Waals surface area (Å²) in [6.45, 7) is 12.1. The molecule has 1 aromatic heterocycles. The van der Waals surface area contributed by atoms with Crippen molar-refractivity contribution in [1.29, 1.82) is 0 Å². The molecule has 1 aliphatic carbocycles. The third-order valence-corrected chi connectivity index (χ3v) is 7.69. The van der Waals surface area contributed by atoms with E-state index in [2.05, 4.69) is 39.3 Å². The number of hydrogen-bond donors (Lipinski definition) is 1. The molecule has 4 rings (SSSR count). The summed E-state index contributed by atoms with van der Waals surface area (Å²) in [7, 11) is 0. The zero-order valence-corrected chi connectivity index (χ0v) is 18.5. The Labute approximate surface area is 174 Å². The van der Waals surface area contributed by atoms with E-state index in [9.17, 15) is 0 Å². The van der Waals surface area contributed by atoms with Crippen molar-refractivity contribution in [2.24, 2.45) is 22.7 Å². The van der Waals surface area contributed by atoms with Crippen LogP contribution in [0.25, 0.3) is 0 Å². The van der Waals surface area contributed by atoms with E-state index >= 15 is 0 Å². The first-order chi connectivity index (χ1) is 13.7. The van der Waals surface area contributed by atoms with Crippen LogP contribution < -0.4 is 5.32 Å². The van der Waals surface area contributed by atoms with Crippen LogP contribution >= 0.6 is 11.3 Å². The van der Waals surface area contributed by atoms with Crippen LogP contribution in [-0.2, 0) is 6.54 Å². The van der Waals surface area contributed by atoms with Crippen LogP contribution in [0.2, 0.25) is 0 Å². The molecule has 1 N–H and O–H groups in total. The summed E-state index contributed by atoms with van der Waals surface area (Å²) in [6.07, 6.45) is 8.24. The predicted molar refractivity (Wildman–Crippen MR) is 118 cm³/mol. The minimum Gasteiger partial charge on any atom is -0.357 e. The fourth-order valence-electron chi connectivity index (χ4n) is 5.26. The summed E-state index contributed by atoms with van der Waals surface area (Å²) in [6, 6.07) is 0. The molecule has 2 saturated heterocycles. The van der Waals surface area contributed by atoms with E-state index in [1.54, 1.807) is 11.3 Å². The predicted octanol–water partition coefficient (Wildman–Crippen LogP) is 3.75. The number of aromatic nitrogens is 1. The molecule has 0 bridgehead atoms. The monoisotopic (exact) mass is 403 g/mol. The molecule has 28 heavy (non-hydrogen) atoms. The number of guanidine groups is 1. The van der Waals surface area contributed by atoms with Gasteiger partial charge in [-0.2, -0.15) is 0 Å². The van der Waals surface area contributed by atoms with Crippen molar-refractivity contribution in [2.45, 2.75) is 58.9 Å². The fourth-order valence-corrected chi connectivity index (χ4v) is 5.86. The van der Waals surface area contributed by atoms with Gasteiger partial charge < -0.3 is 10.2 Å². The lowest BCUT2D eigenvalue weighted by atomic mass is 9.82. The Kier molecular flexibility index (Phi) is 6.89. The van der Waals surface area contributed by atoms with Crippen molar-refractivity contribution >= 4 is 17.3 Å². The number of likely N-dealkylation sites (tertiary alicyclic amines) is 2.